The molecule has 0 saturated heterocycles. The van der Waals surface area contributed by atoms with Crippen LogP contribution in [0.25, 0.3) is 0 Å². The highest BCUT2D eigenvalue weighted by molar-refractivity contribution is 6.00. The Morgan fingerprint density at radius 2 is 1.72 bits per heavy atom. The first-order valence-electron chi connectivity index (χ1n) is 8.40. The van der Waals surface area contributed by atoms with Crippen LogP contribution in [0.3, 0.4) is 0 Å². The Bertz CT molecular complexity index is 849. The number of nitrogens with one attached hydrogen (secondary N) is 1. The summed E-state index contributed by atoms with van der Waals surface area (Å²) >= 11 is 0. The summed E-state index contributed by atoms with van der Waals surface area (Å²) in [6, 6.07) is 2.75. The molecular weight excluding hydrogens is 406 g/mol. The molecule has 0 amide bonds. The van der Waals surface area contributed by atoms with Crippen LogP contribution in [0.5, 0.6) is 5.88 Å². The molecule has 0 saturated carbocycles. The van der Waals surface area contributed by atoms with Gasteiger partial charge in [0.1, 0.15) is 5.76 Å². The molecule has 0 fully saturated rings. The molecular formula is C17H16F6N4O2. The summed E-state index contributed by atoms with van der Waals surface area (Å²) in [5.41, 5.74) is 3.01. The molecule has 3 heterocycles. The molecule has 2 aliphatic heterocycles. The van der Waals surface area contributed by atoms with E-state index < -0.39 is 30.7 Å². The van der Waals surface area contributed by atoms with Gasteiger partial charge in [-0.25, -0.2) is 4.98 Å². The number of nitrogens with zero attached hydrogens (tertiary/aromatic N) is 3. The smallest absolute Gasteiger partial charge is 0.425 e. The first-order chi connectivity index (χ1) is 13.5. The number of allylic oxidation sites excluding steroid dienone is 2. The van der Waals surface area contributed by atoms with Gasteiger partial charge in [0.15, 0.2) is 24.2 Å². The lowest BCUT2D eigenvalue weighted by Gasteiger charge is -2.30. The standard InChI is InChI=1S/C17H16F6N4O2/c1-9(16(18,19)20)28-12-4-3-7-27-14(25-26-15(12)27)11-5-6-24-13(8-11)29-10(2)17(21,22)23/h3-10,15,26H,1-2H3. The second-order valence-electron chi connectivity index (χ2n) is 6.27. The molecule has 1 N–H and O–H groups in total. The first kappa shape index (κ1) is 20.8. The van der Waals surface area contributed by atoms with E-state index in [1.54, 1.807) is 6.20 Å². The Labute approximate surface area is 161 Å². The second kappa shape index (κ2) is 7.48. The second-order valence-corrected chi connectivity index (χ2v) is 6.27. The lowest BCUT2D eigenvalue weighted by molar-refractivity contribution is -0.205. The van der Waals surface area contributed by atoms with Gasteiger partial charge < -0.3 is 14.4 Å². The Balaban J connectivity index is 1.75. The van der Waals surface area contributed by atoms with Crippen LogP contribution in [0.15, 0.2) is 47.5 Å². The third kappa shape index (κ3) is 4.57. The van der Waals surface area contributed by atoms with Gasteiger partial charge in [-0.1, -0.05) is 0 Å². The Morgan fingerprint density at radius 3 is 2.38 bits per heavy atom. The molecule has 0 bridgehead atoms. The molecule has 12 heteroatoms. The van der Waals surface area contributed by atoms with Crippen LogP contribution in [0, 0.1) is 0 Å². The van der Waals surface area contributed by atoms with Gasteiger partial charge in [-0.15, -0.1) is 0 Å². The third-order valence-electron chi connectivity index (χ3n) is 4.12. The minimum atomic E-state index is -4.56. The maximum Gasteiger partial charge on any atom is 0.425 e. The summed E-state index contributed by atoms with van der Waals surface area (Å²) in [5, 5.41) is 4.07. The van der Waals surface area contributed by atoms with E-state index in [4.69, 9.17) is 9.47 Å². The Hall–Kier alpha value is -2.92. The molecule has 3 rings (SSSR count). The summed E-state index contributed by atoms with van der Waals surface area (Å²) in [6.45, 7) is 1.73. The summed E-state index contributed by atoms with van der Waals surface area (Å²) in [7, 11) is 0. The Morgan fingerprint density at radius 1 is 1.07 bits per heavy atom. The van der Waals surface area contributed by atoms with E-state index in [1.165, 1.54) is 35.4 Å². The lowest BCUT2D eigenvalue weighted by Crippen LogP contribution is -2.42. The monoisotopic (exact) mass is 422 g/mol. The molecule has 6 nitrogen and oxygen atoms in total. The average molecular weight is 422 g/mol. The van der Waals surface area contributed by atoms with Gasteiger partial charge >= 0.3 is 12.4 Å². The van der Waals surface area contributed by atoms with Gasteiger partial charge in [0.2, 0.25) is 5.88 Å². The highest BCUT2D eigenvalue weighted by Gasteiger charge is 2.42. The van der Waals surface area contributed by atoms with Crippen molar-refractivity contribution in [2.75, 3.05) is 0 Å². The van der Waals surface area contributed by atoms with E-state index in [2.05, 4.69) is 15.5 Å². The zero-order valence-corrected chi connectivity index (χ0v) is 15.1. The highest BCUT2D eigenvalue weighted by atomic mass is 19.4. The molecule has 1 aromatic heterocycles. The normalized spacial score (nSPS) is 21.0. The van der Waals surface area contributed by atoms with Crippen LogP contribution in [-0.2, 0) is 4.74 Å². The van der Waals surface area contributed by atoms with Gasteiger partial charge in [-0.05, 0) is 32.1 Å². The molecule has 158 valence electrons. The van der Waals surface area contributed by atoms with Crippen molar-refractivity contribution in [1.82, 2.24) is 15.3 Å². The lowest BCUT2D eigenvalue weighted by atomic mass is 10.2. The van der Waals surface area contributed by atoms with Crippen molar-refractivity contribution >= 4 is 5.84 Å². The van der Waals surface area contributed by atoms with E-state index in [9.17, 15) is 26.3 Å². The predicted octanol–water partition coefficient (Wildman–Crippen LogP) is 3.68. The fourth-order valence-corrected chi connectivity index (χ4v) is 2.49. The number of fused-ring (bicyclic) bond motifs is 1. The van der Waals surface area contributed by atoms with Crippen LogP contribution in [0.2, 0.25) is 0 Å². The van der Waals surface area contributed by atoms with Gasteiger partial charge in [0, 0.05) is 24.0 Å². The number of rotatable bonds is 5. The fraction of sp³-hybridized carbons (Fsp3) is 0.412. The van der Waals surface area contributed by atoms with Gasteiger partial charge in [-0.2, -0.15) is 31.4 Å². The summed E-state index contributed by atoms with van der Waals surface area (Å²) in [6.07, 6.45) is -8.38. The number of pyridine rings is 1. The molecule has 3 atom stereocenters. The SMILES string of the molecule is CC(OC1=CC=CN2C(c3ccnc(OC(C)C(F)(F)F)c3)=NNC12)C(F)(F)F. The largest absolute Gasteiger partial charge is 0.481 e. The third-order valence-corrected chi connectivity index (χ3v) is 4.12. The van der Waals surface area contributed by atoms with Crippen molar-refractivity contribution in [3.05, 3.63) is 48.0 Å². The van der Waals surface area contributed by atoms with Crippen LogP contribution in [0.1, 0.15) is 19.4 Å². The topological polar surface area (TPSA) is 59.0 Å². The molecule has 0 spiro atoms. The zero-order chi connectivity index (χ0) is 21.4. The number of aromatic nitrogens is 1. The molecule has 2 aliphatic rings. The molecule has 0 radical (unpaired) electrons. The maximum atomic E-state index is 12.8. The summed E-state index contributed by atoms with van der Waals surface area (Å²) in [4.78, 5) is 5.25. The molecule has 29 heavy (non-hydrogen) atoms. The van der Waals surface area contributed by atoms with E-state index >= 15 is 0 Å². The average Bonchev–Trinajstić information content (AvgIpc) is 3.05. The van der Waals surface area contributed by atoms with Crippen molar-refractivity contribution in [2.45, 2.75) is 44.6 Å². The number of hydrogen-bond donors (Lipinski definition) is 1. The minimum absolute atomic E-state index is 0.00713. The number of hydrogen-bond acceptors (Lipinski definition) is 6. The first-order valence-corrected chi connectivity index (χ1v) is 8.40. The van der Waals surface area contributed by atoms with E-state index in [0.29, 0.717) is 5.56 Å². The molecule has 0 aliphatic carbocycles. The number of amidine groups is 1. The van der Waals surface area contributed by atoms with E-state index in [-0.39, 0.29) is 17.5 Å². The maximum absolute atomic E-state index is 12.8. The van der Waals surface area contributed by atoms with E-state index in [0.717, 1.165) is 13.8 Å². The van der Waals surface area contributed by atoms with Gasteiger partial charge in [-0.3, -0.25) is 5.43 Å². The molecule has 1 aromatic rings. The minimum Gasteiger partial charge on any atom is -0.481 e. The van der Waals surface area contributed by atoms with Crippen molar-refractivity contribution in [3.63, 3.8) is 0 Å². The van der Waals surface area contributed by atoms with Crippen molar-refractivity contribution < 1.29 is 35.8 Å². The van der Waals surface area contributed by atoms with Gasteiger partial charge in [0.05, 0.1) is 0 Å². The molecule has 0 aromatic carbocycles. The van der Waals surface area contributed by atoms with Crippen molar-refractivity contribution in [3.8, 4) is 5.88 Å². The van der Waals surface area contributed by atoms with Gasteiger partial charge in [0.25, 0.3) is 0 Å². The Kier molecular flexibility index (Phi) is 5.37. The number of ether oxygens (including phenoxy) is 2. The summed E-state index contributed by atoms with van der Waals surface area (Å²) < 4.78 is 86.2. The highest BCUT2D eigenvalue weighted by Crippen LogP contribution is 2.30. The van der Waals surface area contributed by atoms with E-state index in [1.807, 2.05) is 0 Å². The molecule has 3 unspecified atom stereocenters. The summed E-state index contributed by atoms with van der Waals surface area (Å²) in [5.74, 6) is -0.0171. The number of hydrazone groups is 1. The number of alkyl halides is 6. The predicted molar refractivity (Wildman–Crippen MR) is 89.5 cm³/mol. The van der Waals surface area contributed by atoms with Crippen LogP contribution in [-0.4, -0.2) is 46.4 Å². The van der Waals surface area contributed by atoms with Crippen LogP contribution < -0.4 is 10.2 Å². The quantitative estimate of drug-likeness (QED) is 0.734. The van der Waals surface area contributed by atoms with Crippen molar-refractivity contribution in [1.29, 1.82) is 0 Å². The number of halogens is 6. The van der Waals surface area contributed by atoms with Crippen LogP contribution in [0.4, 0.5) is 26.3 Å². The van der Waals surface area contributed by atoms with Crippen LogP contribution >= 0.6 is 0 Å². The van der Waals surface area contributed by atoms with Crippen molar-refractivity contribution in [2.24, 2.45) is 5.10 Å². The fourth-order valence-electron chi connectivity index (χ4n) is 2.49. The zero-order valence-electron chi connectivity index (χ0n) is 15.1.